The number of hydrogen-bond donors (Lipinski definition) is 0. The molecule has 1 aromatic carbocycles. The molecule has 2 aromatic rings. The van der Waals surface area contributed by atoms with Crippen molar-refractivity contribution in [2.24, 2.45) is 0 Å². The lowest BCUT2D eigenvalue weighted by atomic mass is 9.82. The van der Waals surface area contributed by atoms with Crippen LogP contribution in [0.4, 0.5) is 0 Å². The highest BCUT2D eigenvalue weighted by atomic mass is 79.9. The number of rotatable bonds is 2. The van der Waals surface area contributed by atoms with Gasteiger partial charge in [-0.1, -0.05) is 45.0 Å². The van der Waals surface area contributed by atoms with E-state index in [1.54, 1.807) is 11.3 Å². The number of alkyl halides is 1. The first kappa shape index (κ1) is 15.1. The van der Waals surface area contributed by atoms with Crippen LogP contribution in [0.2, 0.25) is 0 Å². The molecule has 0 spiro atoms. The van der Waals surface area contributed by atoms with Gasteiger partial charge in [0.2, 0.25) is 0 Å². The van der Waals surface area contributed by atoms with Crippen LogP contribution in [0.1, 0.15) is 47.7 Å². The summed E-state index contributed by atoms with van der Waals surface area (Å²) in [6.07, 6.45) is 0. The van der Waals surface area contributed by atoms with Crippen LogP contribution in [0.15, 0.2) is 34.1 Å². The first-order chi connectivity index (χ1) is 8.80. The molecule has 0 bridgehead atoms. The summed E-state index contributed by atoms with van der Waals surface area (Å²) in [5.41, 5.74) is 3.84. The van der Waals surface area contributed by atoms with Crippen LogP contribution in [0.25, 0.3) is 0 Å². The third-order valence-electron chi connectivity index (χ3n) is 3.24. The molecule has 0 N–H and O–H groups in total. The SMILES string of the molecule is Cc1sc(Br)cc1C(Cl)c1ccccc1C(C)(C)C. The Morgan fingerprint density at radius 3 is 2.32 bits per heavy atom. The number of aryl methyl sites for hydroxylation is 1. The molecule has 0 saturated heterocycles. The van der Waals surface area contributed by atoms with E-state index in [4.69, 9.17) is 11.6 Å². The van der Waals surface area contributed by atoms with Gasteiger partial charge in [-0.25, -0.2) is 0 Å². The Bertz CT molecular complexity index is 581. The molecule has 0 aliphatic heterocycles. The highest BCUT2D eigenvalue weighted by Crippen LogP contribution is 2.40. The van der Waals surface area contributed by atoms with Crippen molar-refractivity contribution in [2.75, 3.05) is 0 Å². The molecule has 1 unspecified atom stereocenters. The first-order valence-electron chi connectivity index (χ1n) is 6.30. The average Bonchev–Trinajstić information content (AvgIpc) is 2.66. The molecular formula is C16H18BrClS. The van der Waals surface area contributed by atoms with Gasteiger partial charge in [-0.2, -0.15) is 0 Å². The molecule has 0 amide bonds. The lowest BCUT2D eigenvalue weighted by molar-refractivity contribution is 0.583. The molecule has 0 nitrogen and oxygen atoms in total. The summed E-state index contributed by atoms with van der Waals surface area (Å²) in [6.45, 7) is 8.81. The van der Waals surface area contributed by atoms with E-state index in [0.717, 1.165) is 3.79 Å². The van der Waals surface area contributed by atoms with E-state index < -0.39 is 0 Å². The Labute approximate surface area is 132 Å². The van der Waals surface area contributed by atoms with Crippen LogP contribution in [-0.2, 0) is 5.41 Å². The highest BCUT2D eigenvalue weighted by molar-refractivity contribution is 9.11. The Kier molecular flexibility index (Phi) is 4.44. The monoisotopic (exact) mass is 356 g/mol. The van der Waals surface area contributed by atoms with E-state index in [1.807, 2.05) is 0 Å². The van der Waals surface area contributed by atoms with Crippen molar-refractivity contribution in [3.63, 3.8) is 0 Å². The fraction of sp³-hybridized carbons (Fsp3) is 0.375. The van der Waals surface area contributed by atoms with Gasteiger partial charge in [-0.15, -0.1) is 22.9 Å². The van der Waals surface area contributed by atoms with Crippen LogP contribution < -0.4 is 0 Å². The Morgan fingerprint density at radius 2 is 1.79 bits per heavy atom. The van der Waals surface area contributed by atoms with E-state index >= 15 is 0 Å². The van der Waals surface area contributed by atoms with Crippen LogP contribution in [-0.4, -0.2) is 0 Å². The molecule has 0 fully saturated rings. The highest BCUT2D eigenvalue weighted by Gasteiger charge is 2.24. The van der Waals surface area contributed by atoms with Crippen molar-refractivity contribution in [3.05, 3.63) is 55.7 Å². The average molecular weight is 358 g/mol. The van der Waals surface area contributed by atoms with Gasteiger partial charge in [0.15, 0.2) is 0 Å². The van der Waals surface area contributed by atoms with Gasteiger partial charge < -0.3 is 0 Å². The summed E-state index contributed by atoms with van der Waals surface area (Å²) in [5, 5.41) is -0.0852. The third kappa shape index (κ3) is 3.24. The smallest absolute Gasteiger partial charge is 0.0849 e. The van der Waals surface area contributed by atoms with Gasteiger partial charge in [0.05, 0.1) is 9.16 Å². The van der Waals surface area contributed by atoms with Crippen LogP contribution in [0.3, 0.4) is 0 Å². The van der Waals surface area contributed by atoms with Gasteiger partial charge in [0.25, 0.3) is 0 Å². The zero-order valence-corrected chi connectivity index (χ0v) is 14.8. The van der Waals surface area contributed by atoms with Crippen LogP contribution >= 0.6 is 38.9 Å². The molecule has 19 heavy (non-hydrogen) atoms. The van der Waals surface area contributed by atoms with Gasteiger partial charge >= 0.3 is 0 Å². The maximum absolute atomic E-state index is 6.75. The summed E-state index contributed by atoms with van der Waals surface area (Å²) < 4.78 is 1.14. The Balaban J connectivity index is 2.50. The minimum atomic E-state index is -0.0852. The van der Waals surface area contributed by atoms with E-state index in [1.165, 1.54) is 21.6 Å². The molecule has 2 rings (SSSR count). The lowest BCUT2D eigenvalue weighted by Gasteiger charge is -2.25. The minimum Gasteiger partial charge on any atom is -0.133 e. The van der Waals surface area contributed by atoms with Crippen LogP contribution in [0.5, 0.6) is 0 Å². The fourth-order valence-electron chi connectivity index (χ4n) is 2.28. The summed E-state index contributed by atoms with van der Waals surface area (Å²) >= 11 is 12.0. The lowest BCUT2D eigenvalue weighted by Crippen LogP contribution is -2.15. The third-order valence-corrected chi connectivity index (χ3v) is 5.28. The van der Waals surface area contributed by atoms with Crippen molar-refractivity contribution >= 4 is 38.9 Å². The molecule has 1 atom stereocenters. The molecule has 102 valence electrons. The predicted molar refractivity (Wildman–Crippen MR) is 89.6 cm³/mol. The van der Waals surface area contributed by atoms with Gasteiger partial charge in [-0.3, -0.25) is 0 Å². The fourth-order valence-corrected chi connectivity index (χ4v) is 4.51. The quantitative estimate of drug-likeness (QED) is 0.542. The van der Waals surface area contributed by atoms with Crippen molar-refractivity contribution in [1.82, 2.24) is 0 Å². The van der Waals surface area contributed by atoms with E-state index in [9.17, 15) is 0 Å². The van der Waals surface area contributed by atoms with E-state index in [0.29, 0.717) is 0 Å². The van der Waals surface area contributed by atoms with Gasteiger partial charge in [0, 0.05) is 4.88 Å². The first-order valence-corrected chi connectivity index (χ1v) is 8.34. The van der Waals surface area contributed by atoms with E-state index in [-0.39, 0.29) is 10.8 Å². The molecule has 0 saturated carbocycles. The number of benzene rings is 1. The minimum absolute atomic E-state index is 0.0852. The summed E-state index contributed by atoms with van der Waals surface area (Å²) in [6, 6.07) is 10.6. The molecule has 1 heterocycles. The number of hydrogen-bond acceptors (Lipinski definition) is 1. The van der Waals surface area contributed by atoms with Crippen molar-refractivity contribution < 1.29 is 0 Å². The molecule has 3 heteroatoms. The molecule has 0 radical (unpaired) electrons. The Hall–Kier alpha value is -0.310. The number of halogens is 2. The molecule has 0 aliphatic carbocycles. The topological polar surface area (TPSA) is 0 Å². The second-order valence-electron chi connectivity index (χ2n) is 5.76. The second kappa shape index (κ2) is 5.59. The molecule has 0 aliphatic rings. The van der Waals surface area contributed by atoms with E-state index in [2.05, 4.69) is 74.0 Å². The maximum Gasteiger partial charge on any atom is 0.0849 e. The van der Waals surface area contributed by atoms with Crippen molar-refractivity contribution in [3.8, 4) is 0 Å². The normalized spacial score (nSPS) is 13.6. The Morgan fingerprint density at radius 1 is 1.16 bits per heavy atom. The predicted octanol–water partition coefficient (Wildman–Crippen LogP) is 6.44. The zero-order chi connectivity index (χ0) is 14.2. The van der Waals surface area contributed by atoms with Gasteiger partial charge in [-0.05, 0) is 51.0 Å². The molecule has 1 aromatic heterocycles. The largest absolute Gasteiger partial charge is 0.133 e. The van der Waals surface area contributed by atoms with Crippen LogP contribution in [0, 0.1) is 6.92 Å². The summed E-state index contributed by atoms with van der Waals surface area (Å²) in [5.74, 6) is 0. The summed E-state index contributed by atoms with van der Waals surface area (Å²) in [4.78, 5) is 1.27. The second-order valence-corrected chi connectivity index (χ2v) is 8.83. The van der Waals surface area contributed by atoms with Gasteiger partial charge in [0.1, 0.15) is 0 Å². The standard InChI is InChI=1S/C16H18BrClS/c1-10-12(9-14(17)19-10)15(18)11-7-5-6-8-13(11)16(2,3)4/h5-9,15H,1-4H3. The zero-order valence-electron chi connectivity index (χ0n) is 11.6. The van der Waals surface area contributed by atoms with Crippen molar-refractivity contribution in [1.29, 1.82) is 0 Å². The van der Waals surface area contributed by atoms with Crippen molar-refractivity contribution in [2.45, 2.75) is 38.5 Å². The molecular weight excluding hydrogens is 340 g/mol. The summed E-state index contributed by atoms with van der Waals surface area (Å²) in [7, 11) is 0. The maximum atomic E-state index is 6.75. The number of thiophene rings is 1.